The van der Waals surface area contributed by atoms with Crippen molar-refractivity contribution in [3.8, 4) is 0 Å². The zero-order valence-corrected chi connectivity index (χ0v) is 8.62. The SMILES string of the molecule is CCCCC(COC)OCC1CO1. The predicted molar refractivity (Wildman–Crippen MR) is 50.9 cm³/mol. The van der Waals surface area contributed by atoms with E-state index in [4.69, 9.17) is 14.2 Å². The van der Waals surface area contributed by atoms with E-state index in [1.165, 1.54) is 12.8 Å². The van der Waals surface area contributed by atoms with E-state index >= 15 is 0 Å². The summed E-state index contributed by atoms with van der Waals surface area (Å²) >= 11 is 0. The predicted octanol–water partition coefficient (Wildman–Crippen LogP) is 1.61. The van der Waals surface area contributed by atoms with Crippen LogP contribution in [0.25, 0.3) is 0 Å². The largest absolute Gasteiger partial charge is 0.382 e. The fourth-order valence-corrected chi connectivity index (χ4v) is 1.24. The van der Waals surface area contributed by atoms with Gasteiger partial charge in [0.05, 0.1) is 25.9 Å². The van der Waals surface area contributed by atoms with Crippen molar-refractivity contribution in [1.82, 2.24) is 0 Å². The summed E-state index contributed by atoms with van der Waals surface area (Å²) in [6.45, 7) is 4.49. The molecule has 0 bridgehead atoms. The van der Waals surface area contributed by atoms with Crippen molar-refractivity contribution in [2.24, 2.45) is 0 Å². The molecule has 2 atom stereocenters. The van der Waals surface area contributed by atoms with Gasteiger partial charge in [0.25, 0.3) is 0 Å². The number of methoxy groups -OCH3 is 1. The Balaban J connectivity index is 2.03. The van der Waals surface area contributed by atoms with Gasteiger partial charge in [0.15, 0.2) is 0 Å². The molecule has 3 nitrogen and oxygen atoms in total. The van der Waals surface area contributed by atoms with Crippen LogP contribution in [0, 0.1) is 0 Å². The average Bonchev–Trinajstić information content (AvgIpc) is 2.93. The molecule has 2 unspecified atom stereocenters. The van der Waals surface area contributed by atoms with Crippen LogP contribution in [0.4, 0.5) is 0 Å². The highest BCUT2D eigenvalue weighted by molar-refractivity contribution is 4.69. The Bertz CT molecular complexity index is 123. The monoisotopic (exact) mass is 188 g/mol. The lowest BCUT2D eigenvalue weighted by atomic mass is 10.2. The van der Waals surface area contributed by atoms with E-state index in [1.54, 1.807) is 7.11 Å². The van der Waals surface area contributed by atoms with Crippen LogP contribution < -0.4 is 0 Å². The molecule has 0 aromatic heterocycles. The van der Waals surface area contributed by atoms with Crippen LogP contribution in [-0.2, 0) is 14.2 Å². The van der Waals surface area contributed by atoms with E-state index in [1.807, 2.05) is 0 Å². The summed E-state index contributed by atoms with van der Waals surface area (Å²) < 4.78 is 15.8. The highest BCUT2D eigenvalue weighted by Gasteiger charge is 2.24. The van der Waals surface area contributed by atoms with Crippen molar-refractivity contribution in [2.45, 2.75) is 38.4 Å². The van der Waals surface area contributed by atoms with E-state index in [0.717, 1.165) is 19.6 Å². The number of unbranched alkanes of at least 4 members (excludes halogenated alkanes) is 1. The topological polar surface area (TPSA) is 31.0 Å². The Kier molecular flexibility index (Phi) is 5.35. The maximum atomic E-state index is 5.66. The molecule has 3 heteroatoms. The first-order valence-corrected chi connectivity index (χ1v) is 5.09. The molecule has 0 N–H and O–H groups in total. The van der Waals surface area contributed by atoms with Crippen LogP contribution in [-0.4, -0.2) is 39.1 Å². The molecular formula is C10H20O3. The quantitative estimate of drug-likeness (QED) is 0.542. The van der Waals surface area contributed by atoms with E-state index in [-0.39, 0.29) is 6.10 Å². The summed E-state index contributed by atoms with van der Waals surface area (Å²) in [4.78, 5) is 0. The first kappa shape index (κ1) is 11.0. The van der Waals surface area contributed by atoms with Crippen molar-refractivity contribution >= 4 is 0 Å². The molecule has 0 spiro atoms. The van der Waals surface area contributed by atoms with Crippen molar-refractivity contribution in [2.75, 3.05) is 26.9 Å². The summed E-state index contributed by atoms with van der Waals surface area (Å²) in [5, 5.41) is 0. The maximum absolute atomic E-state index is 5.66. The molecule has 0 saturated carbocycles. The molecular weight excluding hydrogens is 168 g/mol. The van der Waals surface area contributed by atoms with Gasteiger partial charge in [0, 0.05) is 7.11 Å². The fraction of sp³-hybridized carbons (Fsp3) is 1.00. The van der Waals surface area contributed by atoms with Crippen molar-refractivity contribution in [3.63, 3.8) is 0 Å². The highest BCUT2D eigenvalue weighted by atomic mass is 16.6. The minimum Gasteiger partial charge on any atom is -0.382 e. The summed E-state index contributed by atoms with van der Waals surface area (Å²) in [6.07, 6.45) is 4.13. The van der Waals surface area contributed by atoms with Gasteiger partial charge in [0.2, 0.25) is 0 Å². The van der Waals surface area contributed by atoms with Crippen molar-refractivity contribution in [1.29, 1.82) is 0 Å². The van der Waals surface area contributed by atoms with E-state index < -0.39 is 0 Å². The number of ether oxygens (including phenoxy) is 3. The molecule has 0 aromatic carbocycles. The summed E-state index contributed by atoms with van der Waals surface area (Å²) in [7, 11) is 1.72. The molecule has 0 aliphatic carbocycles. The molecule has 1 saturated heterocycles. The van der Waals surface area contributed by atoms with E-state index in [2.05, 4.69) is 6.92 Å². The van der Waals surface area contributed by atoms with Crippen LogP contribution in [0.1, 0.15) is 26.2 Å². The summed E-state index contributed by atoms with van der Waals surface area (Å²) in [5.74, 6) is 0. The standard InChI is InChI=1S/C10H20O3/c1-3-4-5-9(6-11-2)12-7-10-8-13-10/h9-10H,3-8H2,1-2H3. The second kappa shape index (κ2) is 6.35. The van der Waals surface area contributed by atoms with Crippen molar-refractivity contribution in [3.05, 3.63) is 0 Å². The van der Waals surface area contributed by atoms with E-state index in [0.29, 0.717) is 12.7 Å². The number of hydrogen-bond donors (Lipinski definition) is 0. The molecule has 1 aliphatic rings. The van der Waals surface area contributed by atoms with Gasteiger partial charge in [-0.05, 0) is 6.42 Å². The van der Waals surface area contributed by atoms with Gasteiger partial charge < -0.3 is 14.2 Å². The Hall–Kier alpha value is -0.120. The van der Waals surface area contributed by atoms with Crippen molar-refractivity contribution < 1.29 is 14.2 Å². The van der Waals surface area contributed by atoms with Gasteiger partial charge in [-0.2, -0.15) is 0 Å². The smallest absolute Gasteiger partial charge is 0.104 e. The normalized spacial score (nSPS) is 23.1. The minimum atomic E-state index is 0.258. The van der Waals surface area contributed by atoms with Gasteiger partial charge >= 0.3 is 0 Å². The Morgan fingerprint density at radius 1 is 1.54 bits per heavy atom. The molecule has 0 amide bonds. The molecule has 13 heavy (non-hydrogen) atoms. The number of rotatable bonds is 8. The first-order valence-electron chi connectivity index (χ1n) is 5.09. The van der Waals surface area contributed by atoms with Gasteiger partial charge in [-0.1, -0.05) is 19.8 Å². The maximum Gasteiger partial charge on any atom is 0.104 e. The first-order chi connectivity index (χ1) is 6.36. The summed E-state index contributed by atoms with van der Waals surface area (Å²) in [5.41, 5.74) is 0. The number of epoxide rings is 1. The average molecular weight is 188 g/mol. The third kappa shape index (κ3) is 5.24. The second-order valence-corrected chi connectivity index (χ2v) is 3.51. The molecule has 78 valence electrons. The van der Waals surface area contributed by atoms with Crippen LogP contribution in [0.5, 0.6) is 0 Å². The summed E-state index contributed by atoms with van der Waals surface area (Å²) in [6, 6.07) is 0. The molecule has 1 aliphatic heterocycles. The minimum absolute atomic E-state index is 0.258. The third-order valence-corrected chi connectivity index (χ3v) is 2.15. The number of hydrogen-bond acceptors (Lipinski definition) is 3. The van der Waals surface area contributed by atoms with Crippen LogP contribution in [0.3, 0.4) is 0 Å². The molecule has 0 aromatic rings. The molecule has 0 radical (unpaired) electrons. The second-order valence-electron chi connectivity index (χ2n) is 3.51. The van der Waals surface area contributed by atoms with Gasteiger partial charge in [-0.15, -0.1) is 0 Å². The van der Waals surface area contributed by atoms with Crippen LogP contribution in [0.2, 0.25) is 0 Å². The van der Waals surface area contributed by atoms with Crippen LogP contribution in [0.15, 0.2) is 0 Å². The zero-order chi connectivity index (χ0) is 9.52. The van der Waals surface area contributed by atoms with E-state index in [9.17, 15) is 0 Å². The Morgan fingerprint density at radius 2 is 2.31 bits per heavy atom. The molecule has 1 rings (SSSR count). The lowest BCUT2D eigenvalue weighted by molar-refractivity contribution is -0.0129. The highest BCUT2D eigenvalue weighted by Crippen LogP contribution is 2.12. The lowest BCUT2D eigenvalue weighted by Crippen LogP contribution is -2.21. The zero-order valence-electron chi connectivity index (χ0n) is 8.62. The van der Waals surface area contributed by atoms with Gasteiger partial charge in [0.1, 0.15) is 6.10 Å². The molecule has 1 heterocycles. The Labute approximate surface area is 80.4 Å². The van der Waals surface area contributed by atoms with Crippen LogP contribution >= 0.6 is 0 Å². The van der Waals surface area contributed by atoms with Gasteiger partial charge in [-0.25, -0.2) is 0 Å². The fourth-order valence-electron chi connectivity index (χ4n) is 1.24. The van der Waals surface area contributed by atoms with Gasteiger partial charge in [-0.3, -0.25) is 0 Å². The lowest BCUT2D eigenvalue weighted by Gasteiger charge is -2.15. The third-order valence-electron chi connectivity index (χ3n) is 2.15. The Morgan fingerprint density at radius 3 is 2.85 bits per heavy atom. The molecule has 1 fully saturated rings.